The Morgan fingerprint density at radius 3 is 2.77 bits per heavy atom. The van der Waals surface area contributed by atoms with Crippen LogP contribution in [0.25, 0.3) is 0 Å². The number of imidazole rings is 1. The van der Waals surface area contributed by atoms with Crippen LogP contribution in [0.4, 0.5) is 0 Å². The molecule has 0 spiro atoms. The molecule has 1 fully saturated rings. The Kier molecular flexibility index (Phi) is 3.91. The molecule has 6 nitrogen and oxygen atoms in total. The van der Waals surface area contributed by atoms with Crippen molar-refractivity contribution in [2.24, 2.45) is 7.05 Å². The predicted molar refractivity (Wildman–Crippen MR) is 80.8 cm³/mol. The van der Waals surface area contributed by atoms with Gasteiger partial charge in [0.15, 0.2) is 0 Å². The molecule has 22 heavy (non-hydrogen) atoms. The van der Waals surface area contributed by atoms with Crippen LogP contribution in [-0.4, -0.2) is 27.4 Å². The van der Waals surface area contributed by atoms with E-state index in [0.717, 1.165) is 11.4 Å². The van der Waals surface area contributed by atoms with E-state index in [0.29, 0.717) is 12.8 Å². The van der Waals surface area contributed by atoms with Crippen LogP contribution in [0.3, 0.4) is 0 Å². The zero-order valence-corrected chi connectivity index (χ0v) is 12.3. The number of hydrogen-bond donors (Lipinski definition) is 2. The number of carbonyl (C=O) groups excluding carboxylic acids is 2. The van der Waals surface area contributed by atoms with Crippen molar-refractivity contribution in [3.63, 3.8) is 0 Å². The maximum atomic E-state index is 12.4. The number of aryl methyl sites for hydroxylation is 1. The predicted octanol–water partition coefficient (Wildman–Crippen LogP) is 0.904. The molecule has 1 aliphatic rings. The van der Waals surface area contributed by atoms with Crippen LogP contribution in [0.1, 0.15) is 30.3 Å². The van der Waals surface area contributed by atoms with Gasteiger partial charge in [0.25, 0.3) is 0 Å². The zero-order chi connectivity index (χ0) is 15.5. The van der Waals surface area contributed by atoms with Crippen LogP contribution < -0.4 is 10.6 Å². The highest BCUT2D eigenvalue weighted by Crippen LogP contribution is 2.21. The molecule has 2 amide bonds. The molecule has 2 aromatic rings. The van der Waals surface area contributed by atoms with E-state index in [9.17, 15) is 9.59 Å². The number of nitrogens with zero attached hydrogens (tertiary/aromatic N) is 2. The third-order valence-corrected chi connectivity index (χ3v) is 3.85. The van der Waals surface area contributed by atoms with Gasteiger partial charge in [0.2, 0.25) is 11.8 Å². The van der Waals surface area contributed by atoms with E-state index in [1.165, 1.54) is 0 Å². The molecule has 2 heterocycles. The molecule has 1 aliphatic heterocycles. The molecule has 3 rings (SSSR count). The van der Waals surface area contributed by atoms with E-state index in [-0.39, 0.29) is 17.9 Å². The van der Waals surface area contributed by atoms with Crippen molar-refractivity contribution in [1.29, 1.82) is 0 Å². The van der Waals surface area contributed by atoms with Crippen LogP contribution >= 0.6 is 0 Å². The Bertz CT molecular complexity index is 680. The lowest BCUT2D eigenvalue weighted by Crippen LogP contribution is -2.43. The number of rotatable bonds is 4. The summed E-state index contributed by atoms with van der Waals surface area (Å²) in [5.41, 5.74) is 0.953. The highest BCUT2D eigenvalue weighted by molar-refractivity contribution is 5.91. The van der Waals surface area contributed by atoms with E-state index in [4.69, 9.17) is 0 Å². The highest BCUT2D eigenvalue weighted by Gasteiger charge is 2.30. The van der Waals surface area contributed by atoms with Crippen LogP contribution in [0.5, 0.6) is 0 Å². The summed E-state index contributed by atoms with van der Waals surface area (Å²) in [6.07, 6.45) is 4.48. The molecular weight excluding hydrogens is 280 g/mol. The molecular formula is C16H18N4O2. The van der Waals surface area contributed by atoms with E-state index in [1.54, 1.807) is 6.20 Å². The number of benzene rings is 1. The summed E-state index contributed by atoms with van der Waals surface area (Å²) in [6.45, 7) is 0. The Balaban J connectivity index is 1.85. The summed E-state index contributed by atoms with van der Waals surface area (Å²) in [5.74, 6) is 0.500. The van der Waals surface area contributed by atoms with Crippen LogP contribution in [0.2, 0.25) is 0 Å². The topological polar surface area (TPSA) is 76.0 Å². The van der Waals surface area contributed by atoms with Crippen LogP contribution in [0.15, 0.2) is 42.7 Å². The Hall–Kier alpha value is -2.63. The first-order valence-electron chi connectivity index (χ1n) is 7.27. The summed E-state index contributed by atoms with van der Waals surface area (Å²) < 4.78 is 1.88. The average Bonchev–Trinajstić information content (AvgIpc) is 3.14. The maximum absolute atomic E-state index is 12.4. The monoisotopic (exact) mass is 298 g/mol. The SMILES string of the molecule is Cn1ccnc1C(NC(=O)C1CCC(=O)N1)c1ccccc1. The summed E-state index contributed by atoms with van der Waals surface area (Å²) in [6, 6.07) is 8.88. The minimum Gasteiger partial charge on any atom is -0.344 e. The minimum atomic E-state index is -0.459. The van der Waals surface area contributed by atoms with E-state index in [2.05, 4.69) is 15.6 Å². The van der Waals surface area contributed by atoms with Gasteiger partial charge in [0.1, 0.15) is 17.9 Å². The molecule has 0 aliphatic carbocycles. The fourth-order valence-electron chi connectivity index (χ4n) is 2.65. The fraction of sp³-hybridized carbons (Fsp3) is 0.312. The number of hydrogen-bond acceptors (Lipinski definition) is 3. The van der Waals surface area contributed by atoms with Crippen LogP contribution in [-0.2, 0) is 16.6 Å². The number of amides is 2. The summed E-state index contributed by atoms with van der Waals surface area (Å²) in [7, 11) is 1.89. The van der Waals surface area contributed by atoms with Gasteiger partial charge in [-0.25, -0.2) is 4.98 Å². The van der Waals surface area contributed by atoms with Gasteiger partial charge in [-0.3, -0.25) is 9.59 Å². The molecule has 0 radical (unpaired) electrons. The van der Waals surface area contributed by atoms with Crippen molar-refractivity contribution >= 4 is 11.8 Å². The molecule has 6 heteroatoms. The molecule has 0 bridgehead atoms. The van der Waals surface area contributed by atoms with Crippen molar-refractivity contribution in [3.8, 4) is 0 Å². The maximum Gasteiger partial charge on any atom is 0.243 e. The smallest absolute Gasteiger partial charge is 0.243 e. The molecule has 114 valence electrons. The van der Waals surface area contributed by atoms with Crippen molar-refractivity contribution < 1.29 is 9.59 Å². The second-order valence-corrected chi connectivity index (χ2v) is 5.41. The van der Waals surface area contributed by atoms with Crippen LogP contribution in [0, 0.1) is 0 Å². The molecule has 2 unspecified atom stereocenters. The molecule has 1 saturated heterocycles. The molecule has 1 aromatic carbocycles. The fourth-order valence-corrected chi connectivity index (χ4v) is 2.65. The van der Waals surface area contributed by atoms with Gasteiger partial charge in [-0.1, -0.05) is 30.3 Å². The van der Waals surface area contributed by atoms with E-state index in [1.807, 2.05) is 48.1 Å². The first-order valence-corrected chi connectivity index (χ1v) is 7.27. The second kappa shape index (κ2) is 6.01. The molecule has 1 aromatic heterocycles. The zero-order valence-electron chi connectivity index (χ0n) is 12.3. The summed E-state index contributed by atoms with van der Waals surface area (Å²) in [5, 5.41) is 5.69. The highest BCUT2D eigenvalue weighted by atomic mass is 16.2. The second-order valence-electron chi connectivity index (χ2n) is 5.41. The normalized spacial score (nSPS) is 18.8. The standard InChI is InChI=1S/C16H18N4O2/c1-20-10-9-17-15(20)14(11-5-3-2-4-6-11)19-16(22)12-7-8-13(21)18-12/h2-6,9-10,12,14H,7-8H2,1H3,(H,18,21)(H,19,22). The van der Waals surface area contributed by atoms with Gasteiger partial charge in [-0.15, -0.1) is 0 Å². The number of aromatic nitrogens is 2. The van der Waals surface area contributed by atoms with Gasteiger partial charge in [-0.05, 0) is 12.0 Å². The molecule has 0 saturated carbocycles. The van der Waals surface area contributed by atoms with Crippen molar-refractivity contribution in [3.05, 3.63) is 54.1 Å². The Labute approximate surface area is 128 Å². The third-order valence-electron chi connectivity index (χ3n) is 3.85. The van der Waals surface area contributed by atoms with E-state index < -0.39 is 6.04 Å². The largest absolute Gasteiger partial charge is 0.344 e. The van der Waals surface area contributed by atoms with Crippen molar-refractivity contribution in [1.82, 2.24) is 20.2 Å². The quantitative estimate of drug-likeness (QED) is 0.880. The van der Waals surface area contributed by atoms with Gasteiger partial charge in [-0.2, -0.15) is 0 Å². The van der Waals surface area contributed by atoms with Crippen molar-refractivity contribution in [2.45, 2.75) is 24.9 Å². The Morgan fingerprint density at radius 2 is 2.18 bits per heavy atom. The lowest BCUT2D eigenvalue weighted by Gasteiger charge is -2.21. The minimum absolute atomic E-state index is 0.0756. The summed E-state index contributed by atoms with van der Waals surface area (Å²) in [4.78, 5) is 28.1. The lowest BCUT2D eigenvalue weighted by molar-refractivity contribution is -0.126. The molecule has 2 N–H and O–H groups in total. The lowest BCUT2D eigenvalue weighted by atomic mass is 10.1. The first kappa shape index (κ1) is 14.3. The van der Waals surface area contributed by atoms with Gasteiger partial charge < -0.3 is 15.2 Å². The van der Waals surface area contributed by atoms with Gasteiger partial charge in [0.05, 0.1) is 0 Å². The van der Waals surface area contributed by atoms with E-state index >= 15 is 0 Å². The number of nitrogens with one attached hydrogen (secondary N) is 2. The molecule has 2 atom stereocenters. The Morgan fingerprint density at radius 1 is 1.41 bits per heavy atom. The van der Waals surface area contributed by atoms with Crippen molar-refractivity contribution in [2.75, 3.05) is 0 Å². The third kappa shape index (κ3) is 2.86. The number of carbonyl (C=O) groups is 2. The summed E-state index contributed by atoms with van der Waals surface area (Å²) >= 11 is 0. The average molecular weight is 298 g/mol. The van der Waals surface area contributed by atoms with Gasteiger partial charge in [0, 0.05) is 25.9 Å². The first-order chi connectivity index (χ1) is 10.6. The van der Waals surface area contributed by atoms with Gasteiger partial charge >= 0.3 is 0 Å².